The zero-order chi connectivity index (χ0) is 30.1. The molecule has 1 fully saturated rings. The summed E-state index contributed by atoms with van der Waals surface area (Å²) in [6.45, 7) is 5.94. The van der Waals surface area contributed by atoms with E-state index in [2.05, 4.69) is 11.6 Å². The van der Waals surface area contributed by atoms with Crippen LogP contribution in [0.2, 0.25) is 0 Å². The molecule has 0 aromatic heterocycles. The fourth-order valence-electron chi connectivity index (χ4n) is 4.04. The van der Waals surface area contributed by atoms with Gasteiger partial charge in [-0.05, 0) is 97.6 Å². The number of carbonyl (C=O) groups excluding carboxylic acids is 2. The summed E-state index contributed by atoms with van der Waals surface area (Å²) in [4.78, 5) is 28.0. The minimum atomic E-state index is -0.479. The molecule has 9 nitrogen and oxygen atoms in total. The molecule has 1 unspecified atom stereocenters. The maximum atomic E-state index is 12.5. The van der Waals surface area contributed by atoms with E-state index in [0.29, 0.717) is 43.3 Å². The Kier molecular flexibility index (Phi) is 12.8. The lowest BCUT2D eigenvalue weighted by Gasteiger charge is -2.22. The van der Waals surface area contributed by atoms with Gasteiger partial charge in [0.1, 0.15) is 17.2 Å². The van der Waals surface area contributed by atoms with Gasteiger partial charge in [0.25, 0.3) is 0 Å². The summed E-state index contributed by atoms with van der Waals surface area (Å²) >= 11 is 0. The Morgan fingerprint density at radius 2 is 1.47 bits per heavy atom. The Morgan fingerprint density at radius 3 is 2.12 bits per heavy atom. The van der Waals surface area contributed by atoms with Crippen LogP contribution in [0.25, 0.3) is 0 Å². The van der Waals surface area contributed by atoms with Crippen LogP contribution in [0.5, 0.6) is 17.2 Å². The van der Waals surface area contributed by atoms with Gasteiger partial charge in [0.05, 0.1) is 37.7 Å². The first kappa shape index (κ1) is 31.5. The van der Waals surface area contributed by atoms with E-state index in [-0.39, 0.29) is 12.9 Å². The van der Waals surface area contributed by atoms with Crippen LogP contribution in [-0.4, -0.2) is 57.5 Å². The van der Waals surface area contributed by atoms with Gasteiger partial charge in [0.15, 0.2) is 6.29 Å². The summed E-state index contributed by atoms with van der Waals surface area (Å²) < 4.78 is 33.1. The fourth-order valence-corrected chi connectivity index (χ4v) is 4.04. The second-order valence-corrected chi connectivity index (χ2v) is 9.68. The summed E-state index contributed by atoms with van der Waals surface area (Å²) in [7, 11) is 0. The van der Waals surface area contributed by atoms with Gasteiger partial charge >= 0.3 is 11.9 Å². The number of benzene rings is 3. The smallest absolute Gasteiger partial charge is 0.343 e. The van der Waals surface area contributed by atoms with Crippen LogP contribution >= 0.6 is 0 Å². The lowest BCUT2D eigenvalue weighted by Crippen LogP contribution is -2.23. The van der Waals surface area contributed by atoms with E-state index >= 15 is 0 Å². The largest absolute Gasteiger partial charge is 0.494 e. The Morgan fingerprint density at radius 1 is 0.814 bits per heavy atom. The van der Waals surface area contributed by atoms with Crippen LogP contribution in [0.4, 0.5) is 5.69 Å². The van der Waals surface area contributed by atoms with Crippen molar-refractivity contribution >= 4 is 23.8 Å². The molecular formula is C34H37NO8. The first-order chi connectivity index (χ1) is 21.1. The molecule has 0 N–H and O–H groups in total. The highest BCUT2D eigenvalue weighted by atomic mass is 16.7. The van der Waals surface area contributed by atoms with Gasteiger partial charge in [-0.15, -0.1) is 0 Å². The molecule has 3 aromatic rings. The van der Waals surface area contributed by atoms with Crippen molar-refractivity contribution in [3.05, 3.63) is 96.6 Å². The molecule has 226 valence electrons. The van der Waals surface area contributed by atoms with Crippen LogP contribution in [-0.2, 0) is 19.0 Å². The number of hydrogen-bond donors (Lipinski definition) is 0. The summed E-state index contributed by atoms with van der Waals surface area (Å²) in [5, 5.41) is 0. The summed E-state index contributed by atoms with van der Waals surface area (Å²) in [5.74, 6) is 0.866. The number of carbonyl (C=O) groups is 2. The molecule has 0 amide bonds. The molecule has 1 heterocycles. The molecule has 1 aliphatic rings. The van der Waals surface area contributed by atoms with E-state index in [9.17, 15) is 9.59 Å². The Labute approximate surface area is 252 Å². The highest BCUT2D eigenvalue weighted by Gasteiger charge is 2.13. The lowest BCUT2D eigenvalue weighted by atomic mass is 10.2. The first-order valence-electron chi connectivity index (χ1n) is 14.4. The molecule has 0 radical (unpaired) electrons. The highest BCUT2D eigenvalue weighted by Crippen LogP contribution is 2.21. The van der Waals surface area contributed by atoms with Crippen LogP contribution in [0, 0.1) is 0 Å². The average Bonchev–Trinajstić information content (AvgIpc) is 3.05. The maximum absolute atomic E-state index is 12.5. The third-order valence-corrected chi connectivity index (χ3v) is 6.35. The quantitative estimate of drug-likeness (QED) is 0.0618. The predicted molar refractivity (Wildman–Crippen MR) is 162 cm³/mol. The SMILES string of the molecule is C=CC(=O)OCCCOc1ccc(C(=O)Oc2ccc(/N=C/c3ccc(OCCCOC4CCCCO4)cc3)cc2)cc1. The van der Waals surface area contributed by atoms with Gasteiger partial charge in [-0.3, -0.25) is 4.99 Å². The zero-order valence-corrected chi connectivity index (χ0v) is 24.2. The van der Waals surface area contributed by atoms with E-state index in [4.69, 9.17) is 28.4 Å². The van der Waals surface area contributed by atoms with E-state index < -0.39 is 11.9 Å². The number of hydrogen-bond acceptors (Lipinski definition) is 9. The molecule has 1 atom stereocenters. The summed E-state index contributed by atoms with van der Waals surface area (Å²) in [5.41, 5.74) is 2.05. The number of ether oxygens (including phenoxy) is 6. The van der Waals surface area contributed by atoms with Gasteiger partial charge in [0, 0.05) is 31.7 Å². The average molecular weight is 588 g/mol. The Balaban J connectivity index is 1.14. The molecule has 43 heavy (non-hydrogen) atoms. The molecule has 0 aliphatic carbocycles. The van der Waals surface area contributed by atoms with Crippen molar-refractivity contribution in [3.63, 3.8) is 0 Å². The third kappa shape index (κ3) is 11.4. The topological polar surface area (TPSA) is 102 Å². The minimum absolute atomic E-state index is 0.0653. The van der Waals surface area contributed by atoms with Crippen molar-refractivity contribution in [1.82, 2.24) is 0 Å². The minimum Gasteiger partial charge on any atom is -0.494 e. The first-order valence-corrected chi connectivity index (χ1v) is 14.4. The molecule has 1 aliphatic heterocycles. The number of rotatable bonds is 16. The van der Waals surface area contributed by atoms with E-state index in [0.717, 1.165) is 55.4 Å². The van der Waals surface area contributed by atoms with Gasteiger partial charge in [-0.2, -0.15) is 0 Å². The molecule has 0 spiro atoms. The molecule has 0 bridgehead atoms. The third-order valence-electron chi connectivity index (χ3n) is 6.35. The summed E-state index contributed by atoms with van der Waals surface area (Å²) in [6.07, 6.45) is 7.40. The van der Waals surface area contributed by atoms with Gasteiger partial charge < -0.3 is 28.4 Å². The van der Waals surface area contributed by atoms with Crippen molar-refractivity contribution in [3.8, 4) is 17.2 Å². The van der Waals surface area contributed by atoms with Crippen molar-refractivity contribution in [2.45, 2.75) is 38.4 Å². The molecule has 1 saturated heterocycles. The van der Waals surface area contributed by atoms with Gasteiger partial charge in [0.2, 0.25) is 0 Å². The van der Waals surface area contributed by atoms with Crippen LogP contribution in [0.15, 0.2) is 90.4 Å². The normalized spacial score (nSPS) is 14.7. The van der Waals surface area contributed by atoms with Gasteiger partial charge in [-0.1, -0.05) is 6.58 Å². The zero-order valence-electron chi connectivity index (χ0n) is 24.2. The van der Waals surface area contributed by atoms with Crippen molar-refractivity contribution in [2.24, 2.45) is 4.99 Å². The predicted octanol–water partition coefficient (Wildman–Crippen LogP) is 6.47. The molecule has 9 heteroatoms. The van der Waals surface area contributed by atoms with Crippen LogP contribution in [0.3, 0.4) is 0 Å². The van der Waals surface area contributed by atoms with Gasteiger partial charge in [-0.25, -0.2) is 9.59 Å². The number of nitrogens with zero attached hydrogens (tertiary/aromatic N) is 1. The molecule has 4 rings (SSSR count). The molecule has 3 aromatic carbocycles. The Bertz CT molecular complexity index is 1310. The lowest BCUT2D eigenvalue weighted by molar-refractivity contribution is -0.163. The van der Waals surface area contributed by atoms with Crippen LogP contribution < -0.4 is 14.2 Å². The van der Waals surface area contributed by atoms with E-state index in [1.54, 1.807) is 54.7 Å². The van der Waals surface area contributed by atoms with Crippen LogP contribution in [0.1, 0.15) is 48.0 Å². The van der Waals surface area contributed by atoms with E-state index in [1.165, 1.54) is 0 Å². The number of esters is 2. The van der Waals surface area contributed by atoms with E-state index in [1.807, 2.05) is 24.3 Å². The number of aliphatic imine (C=N–C) groups is 1. The second-order valence-electron chi connectivity index (χ2n) is 9.68. The highest BCUT2D eigenvalue weighted by molar-refractivity contribution is 5.91. The van der Waals surface area contributed by atoms with Crippen molar-refractivity contribution in [1.29, 1.82) is 0 Å². The second kappa shape index (κ2) is 17.5. The molecule has 0 saturated carbocycles. The maximum Gasteiger partial charge on any atom is 0.343 e. The van der Waals surface area contributed by atoms with Crippen molar-refractivity contribution < 1.29 is 38.0 Å². The monoisotopic (exact) mass is 587 g/mol. The Hall–Kier alpha value is -4.47. The molecular weight excluding hydrogens is 550 g/mol. The van der Waals surface area contributed by atoms with Crippen molar-refractivity contribution in [2.75, 3.05) is 33.0 Å². The standard InChI is InChI=1S/C34H37NO8/c1-2-32(36)40-23-5-21-39-30-16-10-27(11-17-30)34(37)43-31-18-12-28(13-19-31)35-25-26-8-14-29(15-9-26)38-22-6-24-42-33-7-3-4-20-41-33/h2,8-19,25,33H,1,3-7,20-24H2/b35-25+. The fraction of sp³-hybridized carbons (Fsp3) is 0.324. The summed E-state index contributed by atoms with van der Waals surface area (Å²) in [6, 6.07) is 21.3.